The topological polar surface area (TPSA) is 17.1 Å². The van der Waals surface area contributed by atoms with E-state index in [1.807, 2.05) is 66.7 Å². The maximum Gasteiger partial charge on any atom is 0.194 e. The fourth-order valence-electron chi connectivity index (χ4n) is 2.50. The molecule has 21 heavy (non-hydrogen) atoms. The van der Waals surface area contributed by atoms with Crippen LogP contribution in [0.15, 0.2) is 71.6 Å². The molecule has 0 N–H and O–H groups in total. The Morgan fingerprint density at radius 2 is 1.52 bits per heavy atom. The minimum absolute atomic E-state index is 0.100. The molecule has 0 aliphatic rings. The summed E-state index contributed by atoms with van der Waals surface area (Å²) in [5.74, 6) is 1.06. The Morgan fingerprint density at radius 3 is 2.38 bits per heavy atom. The summed E-state index contributed by atoms with van der Waals surface area (Å²) >= 11 is 1.71. The molecule has 0 heterocycles. The smallest absolute Gasteiger partial charge is 0.194 e. The fourth-order valence-corrected chi connectivity index (χ4v) is 3.31. The number of carbonyl (C=O) groups is 1. The van der Waals surface area contributed by atoms with Crippen molar-refractivity contribution >= 4 is 28.3 Å². The summed E-state index contributed by atoms with van der Waals surface area (Å²) < 4.78 is 0. The van der Waals surface area contributed by atoms with Gasteiger partial charge in [-0.3, -0.25) is 4.79 Å². The van der Waals surface area contributed by atoms with E-state index >= 15 is 0 Å². The maximum absolute atomic E-state index is 12.9. The van der Waals surface area contributed by atoms with Crippen molar-refractivity contribution in [1.29, 1.82) is 0 Å². The molecule has 104 valence electrons. The van der Waals surface area contributed by atoms with Crippen LogP contribution in [-0.4, -0.2) is 11.5 Å². The molecule has 3 aromatic carbocycles. The van der Waals surface area contributed by atoms with Gasteiger partial charge in [-0.15, -0.1) is 11.8 Å². The molecule has 3 aromatic rings. The molecule has 2 heteroatoms. The van der Waals surface area contributed by atoms with E-state index in [-0.39, 0.29) is 5.78 Å². The van der Waals surface area contributed by atoms with Gasteiger partial charge >= 0.3 is 0 Å². The van der Waals surface area contributed by atoms with Gasteiger partial charge in [0.15, 0.2) is 5.78 Å². The van der Waals surface area contributed by atoms with Gasteiger partial charge < -0.3 is 0 Å². The van der Waals surface area contributed by atoms with Gasteiger partial charge in [-0.05, 0) is 28.7 Å². The molecule has 0 saturated carbocycles. The van der Waals surface area contributed by atoms with Gasteiger partial charge in [0.2, 0.25) is 0 Å². The van der Waals surface area contributed by atoms with Crippen LogP contribution in [0.1, 0.15) is 22.8 Å². The first-order valence-corrected chi connectivity index (χ1v) is 8.04. The molecule has 0 fully saturated rings. The van der Waals surface area contributed by atoms with E-state index in [0.717, 1.165) is 32.5 Å². The normalized spacial score (nSPS) is 10.7. The molecule has 3 rings (SSSR count). The molecular weight excluding hydrogens is 276 g/mol. The van der Waals surface area contributed by atoms with Crippen molar-refractivity contribution in [3.8, 4) is 0 Å². The highest BCUT2D eigenvalue weighted by Crippen LogP contribution is 2.27. The molecular formula is C19H16OS. The lowest BCUT2D eigenvalue weighted by Crippen LogP contribution is -2.04. The van der Waals surface area contributed by atoms with Gasteiger partial charge in [0.05, 0.1) is 0 Å². The van der Waals surface area contributed by atoms with Crippen molar-refractivity contribution in [2.75, 3.05) is 5.75 Å². The summed E-state index contributed by atoms with van der Waals surface area (Å²) in [6, 6.07) is 21.8. The van der Waals surface area contributed by atoms with Crippen molar-refractivity contribution in [1.82, 2.24) is 0 Å². The summed E-state index contributed by atoms with van der Waals surface area (Å²) in [7, 11) is 0. The number of benzene rings is 3. The number of hydrogen-bond acceptors (Lipinski definition) is 2. The summed E-state index contributed by atoms with van der Waals surface area (Å²) in [6.07, 6.45) is 0. The van der Waals surface area contributed by atoms with Crippen LogP contribution < -0.4 is 0 Å². The van der Waals surface area contributed by atoms with Crippen molar-refractivity contribution in [2.24, 2.45) is 0 Å². The highest BCUT2D eigenvalue weighted by atomic mass is 32.2. The van der Waals surface area contributed by atoms with E-state index in [0.29, 0.717) is 0 Å². The average Bonchev–Trinajstić information content (AvgIpc) is 2.54. The minimum Gasteiger partial charge on any atom is -0.289 e. The van der Waals surface area contributed by atoms with Gasteiger partial charge in [-0.2, -0.15) is 0 Å². The second kappa shape index (κ2) is 6.15. The molecule has 0 saturated heterocycles. The second-order valence-electron chi connectivity index (χ2n) is 4.79. The van der Waals surface area contributed by atoms with Crippen LogP contribution in [-0.2, 0) is 0 Å². The lowest BCUT2D eigenvalue weighted by molar-refractivity contribution is 0.103. The predicted octanol–water partition coefficient (Wildman–Crippen LogP) is 5.18. The van der Waals surface area contributed by atoms with Crippen LogP contribution in [0.5, 0.6) is 0 Å². The van der Waals surface area contributed by atoms with E-state index in [1.165, 1.54) is 0 Å². The summed E-state index contributed by atoms with van der Waals surface area (Å²) in [5.41, 5.74) is 1.57. The van der Waals surface area contributed by atoms with Gasteiger partial charge in [-0.25, -0.2) is 0 Å². The SMILES string of the molecule is CCSc1ccccc1C(=O)c1cccc2ccccc12. The van der Waals surface area contributed by atoms with Crippen molar-refractivity contribution in [2.45, 2.75) is 11.8 Å². The second-order valence-corrected chi connectivity index (χ2v) is 6.09. The summed E-state index contributed by atoms with van der Waals surface area (Å²) in [6.45, 7) is 2.10. The third-order valence-electron chi connectivity index (χ3n) is 3.47. The molecule has 0 aliphatic carbocycles. The Balaban J connectivity index is 2.13. The molecule has 0 amide bonds. The number of fused-ring (bicyclic) bond motifs is 1. The Bertz CT molecular complexity index is 787. The highest BCUT2D eigenvalue weighted by molar-refractivity contribution is 7.99. The lowest BCUT2D eigenvalue weighted by atomic mass is 9.97. The zero-order valence-electron chi connectivity index (χ0n) is 11.9. The van der Waals surface area contributed by atoms with E-state index < -0.39 is 0 Å². The molecule has 1 nitrogen and oxygen atoms in total. The first-order valence-electron chi connectivity index (χ1n) is 7.05. The monoisotopic (exact) mass is 292 g/mol. The van der Waals surface area contributed by atoms with Crippen LogP contribution in [0.25, 0.3) is 10.8 Å². The average molecular weight is 292 g/mol. The fraction of sp³-hybridized carbons (Fsp3) is 0.105. The molecule has 0 atom stereocenters. The van der Waals surface area contributed by atoms with Crippen molar-refractivity contribution in [3.63, 3.8) is 0 Å². The van der Waals surface area contributed by atoms with Crippen LogP contribution in [0.4, 0.5) is 0 Å². The standard InChI is InChI=1S/C19H16OS/c1-2-21-18-13-6-5-11-17(18)19(20)16-12-7-9-14-8-3-4-10-15(14)16/h3-13H,2H2,1H3. The van der Waals surface area contributed by atoms with E-state index in [9.17, 15) is 4.79 Å². The van der Waals surface area contributed by atoms with Gasteiger partial charge in [0.1, 0.15) is 0 Å². The Labute approximate surface area is 129 Å². The van der Waals surface area contributed by atoms with Gasteiger partial charge in [0.25, 0.3) is 0 Å². The Morgan fingerprint density at radius 1 is 0.857 bits per heavy atom. The predicted molar refractivity (Wildman–Crippen MR) is 90.2 cm³/mol. The van der Waals surface area contributed by atoms with Crippen LogP contribution in [0, 0.1) is 0 Å². The number of ketones is 1. The number of rotatable bonds is 4. The number of carbonyl (C=O) groups excluding carboxylic acids is 1. The molecule has 0 radical (unpaired) electrons. The van der Waals surface area contributed by atoms with Crippen LogP contribution in [0.3, 0.4) is 0 Å². The third kappa shape index (κ3) is 2.72. The quantitative estimate of drug-likeness (QED) is 0.486. The zero-order chi connectivity index (χ0) is 14.7. The highest BCUT2D eigenvalue weighted by Gasteiger charge is 2.15. The first-order chi connectivity index (χ1) is 10.3. The molecule has 0 bridgehead atoms. The van der Waals surface area contributed by atoms with Gasteiger partial charge in [-0.1, -0.05) is 61.5 Å². The van der Waals surface area contributed by atoms with Crippen LogP contribution in [0.2, 0.25) is 0 Å². The van der Waals surface area contributed by atoms with Crippen molar-refractivity contribution < 1.29 is 4.79 Å². The molecule has 0 aromatic heterocycles. The van der Waals surface area contributed by atoms with Crippen molar-refractivity contribution in [3.05, 3.63) is 77.9 Å². The molecule has 0 spiro atoms. The largest absolute Gasteiger partial charge is 0.289 e. The first kappa shape index (κ1) is 13.9. The van der Waals surface area contributed by atoms with E-state index in [2.05, 4.69) is 6.92 Å². The summed E-state index contributed by atoms with van der Waals surface area (Å²) in [5, 5.41) is 2.12. The minimum atomic E-state index is 0.100. The zero-order valence-corrected chi connectivity index (χ0v) is 12.7. The Hall–Kier alpha value is -2.06. The maximum atomic E-state index is 12.9. The van der Waals surface area contributed by atoms with Crippen LogP contribution >= 0.6 is 11.8 Å². The van der Waals surface area contributed by atoms with Gasteiger partial charge in [0, 0.05) is 16.0 Å². The lowest BCUT2D eigenvalue weighted by Gasteiger charge is -2.09. The molecule has 0 aliphatic heterocycles. The number of thioether (sulfide) groups is 1. The van der Waals surface area contributed by atoms with E-state index in [4.69, 9.17) is 0 Å². The van der Waals surface area contributed by atoms with E-state index in [1.54, 1.807) is 11.8 Å². The number of hydrogen-bond donors (Lipinski definition) is 0. The summed E-state index contributed by atoms with van der Waals surface area (Å²) in [4.78, 5) is 14.0. The third-order valence-corrected chi connectivity index (χ3v) is 4.42. The Kier molecular flexibility index (Phi) is 4.07. The molecule has 0 unspecified atom stereocenters.